The molecule has 0 aliphatic carbocycles. The molecule has 2 heterocycles. The summed E-state index contributed by atoms with van der Waals surface area (Å²) in [6.07, 6.45) is -0.725. The molecule has 1 fully saturated rings. The maximum absolute atomic E-state index is 13.8. The maximum atomic E-state index is 13.8. The molecule has 9 nitrogen and oxygen atoms in total. The Kier molecular flexibility index (Phi) is 8.71. The van der Waals surface area contributed by atoms with E-state index in [1.165, 1.54) is 0 Å². The lowest BCUT2D eigenvalue weighted by molar-refractivity contribution is 0.0240. The van der Waals surface area contributed by atoms with Crippen molar-refractivity contribution in [2.45, 2.75) is 72.5 Å². The van der Waals surface area contributed by atoms with Crippen LogP contribution in [0.3, 0.4) is 0 Å². The van der Waals surface area contributed by atoms with Gasteiger partial charge >= 0.3 is 12.2 Å². The Labute approximate surface area is 249 Å². The fraction of sp³-hybridized carbons (Fsp3) is 0.515. The zero-order chi connectivity index (χ0) is 31.0. The number of fused-ring (bicyclic) bond motifs is 1. The molecule has 0 radical (unpaired) electrons. The summed E-state index contributed by atoms with van der Waals surface area (Å²) in [7, 11) is 3.20. The van der Waals surface area contributed by atoms with Gasteiger partial charge in [-0.3, -0.25) is 0 Å². The number of ether oxygens (including phenoxy) is 4. The fourth-order valence-electron chi connectivity index (χ4n) is 5.32. The van der Waals surface area contributed by atoms with E-state index in [-0.39, 0.29) is 12.0 Å². The maximum Gasteiger partial charge on any atom is 0.419 e. The Morgan fingerprint density at radius 2 is 1.36 bits per heavy atom. The van der Waals surface area contributed by atoms with E-state index in [0.29, 0.717) is 37.7 Å². The van der Waals surface area contributed by atoms with E-state index < -0.39 is 17.3 Å². The van der Waals surface area contributed by atoms with Gasteiger partial charge < -0.3 is 28.7 Å². The highest BCUT2D eigenvalue weighted by molar-refractivity contribution is 6.01. The SMILES string of the molecule is COc1ccc(-c2c(C(C)C)c3cc(N4CCN(C(=O)OC(C)(C)C)CC4)ccc3n2C(=O)OC(C)(C)C)cc1OC. The van der Waals surface area contributed by atoms with Crippen LogP contribution in [0.15, 0.2) is 36.4 Å². The molecule has 0 N–H and O–H groups in total. The molecule has 228 valence electrons. The number of piperazine rings is 1. The van der Waals surface area contributed by atoms with Gasteiger partial charge in [-0.2, -0.15) is 0 Å². The van der Waals surface area contributed by atoms with Crippen LogP contribution < -0.4 is 14.4 Å². The highest BCUT2D eigenvalue weighted by atomic mass is 16.6. The largest absolute Gasteiger partial charge is 0.493 e. The molecule has 1 aromatic heterocycles. The summed E-state index contributed by atoms with van der Waals surface area (Å²) in [5.74, 6) is 1.29. The van der Waals surface area contributed by atoms with Crippen molar-refractivity contribution in [3.05, 3.63) is 42.0 Å². The summed E-state index contributed by atoms with van der Waals surface area (Å²) in [4.78, 5) is 30.4. The zero-order valence-electron chi connectivity index (χ0n) is 26.7. The third-order valence-corrected chi connectivity index (χ3v) is 7.10. The summed E-state index contributed by atoms with van der Waals surface area (Å²) < 4.78 is 24.2. The van der Waals surface area contributed by atoms with Gasteiger partial charge in [-0.1, -0.05) is 13.8 Å². The Balaban J connectivity index is 1.81. The fourth-order valence-corrected chi connectivity index (χ4v) is 5.32. The van der Waals surface area contributed by atoms with Crippen molar-refractivity contribution < 1.29 is 28.5 Å². The first-order valence-electron chi connectivity index (χ1n) is 14.5. The summed E-state index contributed by atoms with van der Waals surface area (Å²) in [6, 6.07) is 11.9. The molecule has 4 rings (SSSR count). The lowest BCUT2D eigenvalue weighted by Crippen LogP contribution is -2.50. The van der Waals surface area contributed by atoms with Crippen LogP contribution in [0, 0.1) is 0 Å². The molecule has 0 saturated carbocycles. The third-order valence-electron chi connectivity index (χ3n) is 7.10. The van der Waals surface area contributed by atoms with Gasteiger partial charge in [-0.25, -0.2) is 14.2 Å². The van der Waals surface area contributed by atoms with Crippen LogP contribution in [0.25, 0.3) is 22.2 Å². The van der Waals surface area contributed by atoms with Gasteiger partial charge in [0.25, 0.3) is 0 Å². The molecule has 2 aromatic carbocycles. The van der Waals surface area contributed by atoms with E-state index in [1.54, 1.807) is 23.7 Å². The van der Waals surface area contributed by atoms with Crippen LogP contribution in [-0.4, -0.2) is 73.3 Å². The normalized spacial score (nSPS) is 14.4. The molecule has 0 bridgehead atoms. The second kappa shape index (κ2) is 11.8. The van der Waals surface area contributed by atoms with E-state index in [4.69, 9.17) is 18.9 Å². The van der Waals surface area contributed by atoms with Gasteiger partial charge in [0.15, 0.2) is 11.5 Å². The van der Waals surface area contributed by atoms with Gasteiger partial charge in [0.2, 0.25) is 0 Å². The lowest BCUT2D eigenvalue weighted by atomic mass is 9.95. The van der Waals surface area contributed by atoms with Crippen molar-refractivity contribution in [1.29, 1.82) is 0 Å². The van der Waals surface area contributed by atoms with E-state index in [1.807, 2.05) is 71.9 Å². The molecule has 1 aliphatic heterocycles. The second-order valence-corrected chi connectivity index (χ2v) is 13.0. The van der Waals surface area contributed by atoms with Gasteiger partial charge in [0.1, 0.15) is 11.2 Å². The Bertz CT molecular complexity index is 1450. The molecular formula is C33H45N3O6. The van der Waals surface area contributed by atoms with Crippen molar-refractivity contribution in [2.24, 2.45) is 0 Å². The van der Waals surface area contributed by atoms with Crippen LogP contribution in [-0.2, 0) is 9.47 Å². The molecule has 0 unspecified atom stereocenters. The highest BCUT2D eigenvalue weighted by Crippen LogP contribution is 2.42. The number of carbonyl (C=O) groups is 2. The highest BCUT2D eigenvalue weighted by Gasteiger charge is 2.30. The number of nitrogens with zero attached hydrogens (tertiary/aromatic N) is 3. The molecule has 0 spiro atoms. The quantitative estimate of drug-likeness (QED) is 0.314. The number of anilines is 1. The Morgan fingerprint density at radius 1 is 0.762 bits per heavy atom. The summed E-state index contributed by atoms with van der Waals surface area (Å²) in [5, 5.41) is 0.979. The second-order valence-electron chi connectivity index (χ2n) is 13.0. The predicted octanol–water partition coefficient (Wildman–Crippen LogP) is 7.29. The van der Waals surface area contributed by atoms with Gasteiger partial charge in [-0.05, 0) is 89.4 Å². The molecular weight excluding hydrogens is 534 g/mol. The molecule has 1 aliphatic rings. The summed E-state index contributed by atoms with van der Waals surface area (Å²) >= 11 is 0. The molecule has 0 atom stereocenters. The number of hydrogen-bond acceptors (Lipinski definition) is 7. The third kappa shape index (κ3) is 6.61. The summed E-state index contributed by atoms with van der Waals surface area (Å²) in [5.41, 5.74) is 3.24. The minimum absolute atomic E-state index is 0.0959. The predicted molar refractivity (Wildman–Crippen MR) is 166 cm³/mol. The van der Waals surface area contributed by atoms with Crippen LogP contribution in [0.5, 0.6) is 11.5 Å². The monoisotopic (exact) mass is 579 g/mol. The van der Waals surface area contributed by atoms with Gasteiger partial charge in [0, 0.05) is 42.8 Å². The molecule has 42 heavy (non-hydrogen) atoms. The average Bonchev–Trinajstić information content (AvgIpc) is 3.26. The first-order valence-corrected chi connectivity index (χ1v) is 14.5. The first kappa shape index (κ1) is 31.1. The van der Waals surface area contributed by atoms with E-state index in [2.05, 4.69) is 24.8 Å². The van der Waals surface area contributed by atoms with E-state index in [9.17, 15) is 9.59 Å². The van der Waals surface area contributed by atoms with Gasteiger partial charge in [-0.15, -0.1) is 0 Å². The first-order chi connectivity index (χ1) is 19.6. The molecule has 9 heteroatoms. The number of methoxy groups -OCH3 is 2. The smallest absolute Gasteiger partial charge is 0.419 e. The molecule has 1 amide bonds. The van der Waals surface area contributed by atoms with Crippen molar-refractivity contribution in [3.8, 4) is 22.8 Å². The van der Waals surface area contributed by atoms with Crippen molar-refractivity contribution >= 4 is 28.8 Å². The lowest BCUT2D eigenvalue weighted by Gasteiger charge is -2.36. The number of hydrogen-bond donors (Lipinski definition) is 0. The van der Waals surface area contributed by atoms with Crippen LogP contribution in [0.2, 0.25) is 0 Å². The van der Waals surface area contributed by atoms with Crippen LogP contribution >= 0.6 is 0 Å². The number of carbonyl (C=O) groups excluding carboxylic acids is 2. The van der Waals surface area contributed by atoms with E-state index >= 15 is 0 Å². The molecule has 1 saturated heterocycles. The average molecular weight is 580 g/mol. The number of rotatable bonds is 5. The number of aromatic nitrogens is 1. The van der Waals surface area contributed by atoms with Crippen molar-refractivity contribution in [2.75, 3.05) is 45.3 Å². The van der Waals surface area contributed by atoms with E-state index in [0.717, 1.165) is 33.4 Å². The van der Waals surface area contributed by atoms with Crippen molar-refractivity contribution in [3.63, 3.8) is 0 Å². The van der Waals surface area contributed by atoms with Crippen LogP contribution in [0.1, 0.15) is 66.9 Å². The van der Waals surface area contributed by atoms with Gasteiger partial charge in [0.05, 0.1) is 25.4 Å². The number of benzene rings is 2. The standard InChI is InChI=1S/C33H45N3O6/c1-21(2)28-24-20-23(34-15-17-35(18-16-34)30(37)41-32(3,4)5)12-13-25(24)36(31(38)42-33(6,7)8)29(28)22-11-14-26(39-9)27(19-22)40-10/h11-14,19-21H,15-18H2,1-10H3. The minimum atomic E-state index is -0.672. The molecule has 3 aromatic rings. The Morgan fingerprint density at radius 3 is 1.90 bits per heavy atom. The summed E-state index contributed by atoms with van der Waals surface area (Å²) in [6.45, 7) is 18.0. The zero-order valence-corrected chi connectivity index (χ0v) is 26.7. The Hall–Kier alpha value is -3.88. The number of amides is 1. The van der Waals surface area contributed by atoms with Crippen molar-refractivity contribution in [1.82, 2.24) is 9.47 Å². The van der Waals surface area contributed by atoms with Crippen LogP contribution in [0.4, 0.5) is 15.3 Å². The topological polar surface area (TPSA) is 82.5 Å². The minimum Gasteiger partial charge on any atom is -0.493 e.